The van der Waals surface area contributed by atoms with Crippen LogP contribution in [0.5, 0.6) is 0 Å². The number of benzene rings is 1. The molecule has 0 N–H and O–H groups in total. The molecule has 0 aliphatic carbocycles. The Morgan fingerprint density at radius 3 is 2.48 bits per heavy atom. The van der Waals surface area contributed by atoms with Gasteiger partial charge in [-0.15, -0.1) is 0 Å². The van der Waals surface area contributed by atoms with Crippen LogP contribution in [0.15, 0.2) is 46.8 Å². The fourth-order valence-electron chi connectivity index (χ4n) is 1.81. The van der Waals surface area contributed by atoms with Gasteiger partial charge in [-0.05, 0) is 40.2 Å². The van der Waals surface area contributed by atoms with Crippen molar-refractivity contribution in [2.24, 2.45) is 0 Å². The number of hydrogen-bond acceptors (Lipinski definition) is 2. The van der Waals surface area contributed by atoms with Crippen molar-refractivity contribution in [1.82, 2.24) is 4.98 Å². The van der Waals surface area contributed by atoms with E-state index in [4.69, 9.17) is 4.74 Å². The Kier molecular flexibility index (Phi) is 3.24. The number of halogens is 5. The van der Waals surface area contributed by atoms with Gasteiger partial charge in [0, 0.05) is 16.7 Å². The fraction of sp³-hybridized carbons (Fsp3) is 0.0714. The topological polar surface area (TPSA) is 25.4 Å². The Morgan fingerprint density at radius 2 is 1.86 bits per heavy atom. The maximum absolute atomic E-state index is 14.2. The molecule has 2 aromatic rings. The zero-order valence-electron chi connectivity index (χ0n) is 10.2. The van der Waals surface area contributed by atoms with Gasteiger partial charge in [-0.3, -0.25) is 4.98 Å². The van der Waals surface area contributed by atoms with E-state index in [2.05, 4.69) is 20.9 Å². The first-order valence-electron chi connectivity index (χ1n) is 5.77. The van der Waals surface area contributed by atoms with Gasteiger partial charge in [0.15, 0.2) is 5.76 Å². The molecule has 0 saturated carbocycles. The first-order valence-corrected chi connectivity index (χ1v) is 6.57. The standard InChI is InChI=1S/C14H6BrF4NO/c15-7-1-4-11(20-6-7)14(18,19)13-12(21-13)9-3-2-8(16)5-10(9)17/h1-6H. The molecule has 0 atom stereocenters. The summed E-state index contributed by atoms with van der Waals surface area (Å²) in [4.78, 5) is 3.61. The van der Waals surface area contributed by atoms with E-state index in [1.54, 1.807) is 0 Å². The average Bonchev–Trinajstić information content (AvgIpc) is 3.20. The minimum absolute atomic E-state index is 0.205. The van der Waals surface area contributed by atoms with Gasteiger partial charge in [0.05, 0.1) is 5.56 Å². The van der Waals surface area contributed by atoms with Crippen LogP contribution in [0.25, 0.3) is 5.76 Å². The zero-order chi connectivity index (χ0) is 15.2. The molecule has 108 valence electrons. The van der Waals surface area contributed by atoms with E-state index >= 15 is 0 Å². The van der Waals surface area contributed by atoms with Gasteiger partial charge in [-0.25, -0.2) is 8.78 Å². The van der Waals surface area contributed by atoms with E-state index in [0.29, 0.717) is 10.5 Å². The lowest BCUT2D eigenvalue weighted by molar-refractivity contribution is 0.0155. The molecule has 0 radical (unpaired) electrons. The van der Waals surface area contributed by atoms with Crippen LogP contribution in [0, 0.1) is 11.6 Å². The third-order valence-electron chi connectivity index (χ3n) is 2.88. The highest BCUT2D eigenvalue weighted by atomic mass is 79.9. The van der Waals surface area contributed by atoms with Crippen LogP contribution in [0.1, 0.15) is 11.3 Å². The van der Waals surface area contributed by atoms with Crippen molar-refractivity contribution in [3.8, 4) is 0 Å². The number of nitrogens with zero attached hydrogens (tertiary/aromatic N) is 1. The fourth-order valence-corrected chi connectivity index (χ4v) is 2.05. The van der Waals surface area contributed by atoms with E-state index in [9.17, 15) is 17.6 Å². The number of allylic oxidation sites excluding steroid dienone is 1. The smallest absolute Gasteiger partial charge is 0.350 e. The Labute approximate surface area is 125 Å². The van der Waals surface area contributed by atoms with Crippen LogP contribution < -0.4 is 0 Å². The van der Waals surface area contributed by atoms with Gasteiger partial charge in [-0.1, -0.05) is 0 Å². The molecule has 1 aromatic carbocycles. The van der Waals surface area contributed by atoms with Gasteiger partial charge in [0.25, 0.3) is 0 Å². The molecule has 1 aliphatic heterocycles. The van der Waals surface area contributed by atoms with Crippen molar-refractivity contribution in [2.75, 3.05) is 0 Å². The van der Waals surface area contributed by atoms with E-state index in [-0.39, 0.29) is 11.3 Å². The van der Waals surface area contributed by atoms with Gasteiger partial charge >= 0.3 is 5.92 Å². The van der Waals surface area contributed by atoms with Crippen molar-refractivity contribution in [3.05, 3.63) is 69.7 Å². The summed E-state index contributed by atoms with van der Waals surface area (Å²) in [5.41, 5.74) is -0.721. The Morgan fingerprint density at radius 1 is 1.10 bits per heavy atom. The highest BCUT2D eigenvalue weighted by Crippen LogP contribution is 2.50. The van der Waals surface area contributed by atoms with Gasteiger partial charge < -0.3 is 4.74 Å². The summed E-state index contributed by atoms with van der Waals surface area (Å²) in [5, 5.41) is 0. The van der Waals surface area contributed by atoms with Crippen molar-refractivity contribution in [3.63, 3.8) is 0 Å². The second-order valence-electron chi connectivity index (χ2n) is 4.32. The maximum atomic E-state index is 14.2. The third-order valence-corrected chi connectivity index (χ3v) is 3.35. The molecule has 1 aliphatic rings. The molecule has 21 heavy (non-hydrogen) atoms. The summed E-state index contributed by atoms with van der Waals surface area (Å²) >= 11 is 3.09. The predicted molar refractivity (Wildman–Crippen MR) is 70.2 cm³/mol. The van der Waals surface area contributed by atoms with Crippen LogP contribution in [-0.2, 0) is 10.7 Å². The van der Waals surface area contributed by atoms with Gasteiger partial charge in [0.2, 0.25) is 5.76 Å². The summed E-state index contributed by atoms with van der Waals surface area (Å²) < 4.78 is 60.0. The number of aromatic nitrogens is 1. The van der Waals surface area contributed by atoms with E-state index in [1.165, 1.54) is 12.3 Å². The van der Waals surface area contributed by atoms with Crippen LogP contribution >= 0.6 is 15.9 Å². The van der Waals surface area contributed by atoms with Crippen molar-refractivity contribution in [1.29, 1.82) is 0 Å². The molecule has 0 amide bonds. The summed E-state index contributed by atoms with van der Waals surface area (Å²) in [6.07, 6.45) is 1.23. The van der Waals surface area contributed by atoms with Crippen LogP contribution in [0.3, 0.4) is 0 Å². The summed E-state index contributed by atoms with van der Waals surface area (Å²) in [7, 11) is 0. The molecule has 2 heterocycles. The van der Waals surface area contributed by atoms with Crippen molar-refractivity contribution in [2.45, 2.75) is 5.92 Å². The van der Waals surface area contributed by atoms with Gasteiger partial charge in [0.1, 0.15) is 17.3 Å². The Balaban J connectivity index is 1.98. The minimum atomic E-state index is -3.48. The molecule has 1 aromatic heterocycles. The van der Waals surface area contributed by atoms with Crippen LogP contribution in [0.4, 0.5) is 17.6 Å². The number of ether oxygens (including phenoxy) is 1. The predicted octanol–water partition coefficient (Wildman–Crippen LogP) is 4.61. The quantitative estimate of drug-likeness (QED) is 0.747. The largest absolute Gasteiger partial charge is 0.446 e. The number of rotatable bonds is 3. The highest BCUT2D eigenvalue weighted by molar-refractivity contribution is 9.10. The normalized spacial score (nSPS) is 14.1. The van der Waals surface area contributed by atoms with Gasteiger partial charge in [-0.2, -0.15) is 8.78 Å². The Hall–Kier alpha value is -1.89. The molecule has 0 unspecified atom stereocenters. The number of alkyl halides is 2. The third kappa shape index (κ3) is 2.53. The lowest BCUT2D eigenvalue weighted by atomic mass is 10.1. The van der Waals surface area contributed by atoms with Crippen LogP contribution in [-0.4, -0.2) is 4.98 Å². The highest BCUT2D eigenvalue weighted by Gasteiger charge is 2.51. The first kappa shape index (κ1) is 14.1. The second kappa shape index (κ2) is 4.84. The monoisotopic (exact) mass is 359 g/mol. The lowest BCUT2D eigenvalue weighted by Crippen LogP contribution is -2.14. The molecular weight excluding hydrogens is 354 g/mol. The Bertz CT molecular complexity index is 743. The molecule has 0 bridgehead atoms. The zero-order valence-corrected chi connectivity index (χ0v) is 11.8. The number of pyridine rings is 1. The van der Waals surface area contributed by atoms with Crippen LogP contribution in [0.2, 0.25) is 0 Å². The average molecular weight is 360 g/mol. The number of hydrogen-bond donors (Lipinski definition) is 0. The molecule has 7 heteroatoms. The molecule has 0 saturated heterocycles. The minimum Gasteiger partial charge on any atom is -0.446 e. The van der Waals surface area contributed by atoms with Crippen molar-refractivity contribution >= 4 is 21.7 Å². The summed E-state index contributed by atoms with van der Waals surface area (Å²) in [6.45, 7) is 0. The molecule has 3 rings (SSSR count). The van der Waals surface area contributed by atoms with E-state index < -0.39 is 29.0 Å². The summed E-state index contributed by atoms with van der Waals surface area (Å²) in [6, 6.07) is 5.19. The summed E-state index contributed by atoms with van der Waals surface area (Å²) in [5.74, 6) is -6.19. The SMILES string of the molecule is Fc1ccc(C2=C(C(F)(F)c3ccc(Br)cn3)O2)c(F)c1. The van der Waals surface area contributed by atoms with Crippen molar-refractivity contribution < 1.29 is 22.3 Å². The second-order valence-corrected chi connectivity index (χ2v) is 5.24. The van der Waals surface area contributed by atoms with E-state index in [1.807, 2.05) is 0 Å². The molecule has 0 spiro atoms. The molecule has 2 nitrogen and oxygen atoms in total. The maximum Gasteiger partial charge on any atom is 0.350 e. The molecule has 0 fully saturated rings. The first-order chi connectivity index (χ1) is 9.89. The van der Waals surface area contributed by atoms with E-state index in [0.717, 1.165) is 18.2 Å². The lowest BCUT2D eigenvalue weighted by Gasteiger charge is -2.09. The molecular formula is C14H6BrF4NO.